The van der Waals surface area contributed by atoms with Gasteiger partial charge in [0.05, 0.1) is 24.6 Å². The molecular weight excluding hydrogens is 302 g/mol. The lowest BCUT2D eigenvalue weighted by atomic mass is 10.1. The summed E-state index contributed by atoms with van der Waals surface area (Å²) in [4.78, 5) is 9.63. The summed E-state index contributed by atoms with van der Waals surface area (Å²) < 4.78 is 7.65. The van der Waals surface area contributed by atoms with Gasteiger partial charge in [0.2, 0.25) is 0 Å². The standard InChI is InChI=1S/C18H25N5O/c1-2-6-19-16(3-1)13-22-15-18-4-7-20-23(18)8-5-17(22)14-21-9-11-24-12-10-21/h1-4,6-7,17H,5,8-15H2/t17-/m0/s1. The maximum absolute atomic E-state index is 5.49. The van der Waals surface area contributed by atoms with Crippen LogP contribution < -0.4 is 0 Å². The molecule has 2 aliphatic heterocycles. The number of nitrogens with zero attached hydrogens (tertiary/aromatic N) is 5. The highest BCUT2D eigenvalue weighted by molar-refractivity contribution is 5.07. The molecule has 4 rings (SSSR count). The van der Waals surface area contributed by atoms with Crippen molar-refractivity contribution in [1.82, 2.24) is 24.6 Å². The average Bonchev–Trinajstić information content (AvgIpc) is 3.01. The lowest BCUT2D eigenvalue weighted by molar-refractivity contribution is 0.0195. The fourth-order valence-electron chi connectivity index (χ4n) is 3.66. The Balaban J connectivity index is 1.51. The maximum atomic E-state index is 5.49. The minimum Gasteiger partial charge on any atom is -0.379 e. The minimum absolute atomic E-state index is 0.520. The van der Waals surface area contributed by atoms with Crippen LogP contribution in [0.1, 0.15) is 17.8 Å². The third-order valence-corrected chi connectivity index (χ3v) is 5.02. The summed E-state index contributed by atoms with van der Waals surface area (Å²) in [5.74, 6) is 0. The number of hydrogen-bond acceptors (Lipinski definition) is 5. The van der Waals surface area contributed by atoms with Gasteiger partial charge in [-0.2, -0.15) is 5.10 Å². The molecule has 0 saturated carbocycles. The van der Waals surface area contributed by atoms with Crippen molar-refractivity contribution < 1.29 is 4.74 Å². The van der Waals surface area contributed by atoms with Crippen LogP contribution in [0.4, 0.5) is 0 Å². The van der Waals surface area contributed by atoms with Crippen LogP contribution in [0, 0.1) is 0 Å². The highest BCUT2D eigenvalue weighted by atomic mass is 16.5. The van der Waals surface area contributed by atoms with E-state index in [0.717, 1.165) is 64.6 Å². The van der Waals surface area contributed by atoms with E-state index in [-0.39, 0.29) is 0 Å². The van der Waals surface area contributed by atoms with Crippen LogP contribution in [0.15, 0.2) is 36.7 Å². The molecule has 2 aromatic heterocycles. The molecule has 0 N–H and O–H groups in total. The van der Waals surface area contributed by atoms with Crippen molar-refractivity contribution in [3.05, 3.63) is 48.0 Å². The van der Waals surface area contributed by atoms with Gasteiger partial charge in [-0.15, -0.1) is 0 Å². The molecular formula is C18H25N5O. The van der Waals surface area contributed by atoms with Gasteiger partial charge in [-0.25, -0.2) is 0 Å². The van der Waals surface area contributed by atoms with Crippen molar-refractivity contribution in [2.45, 2.75) is 32.1 Å². The monoisotopic (exact) mass is 327 g/mol. The molecule has 24 heavy (non-hydrogen) atoms. The zero-order valence-electron chi connectivity index (χ0n) is 14.0. The third kappa shape index (κ3) is 3.66. The van der Waals surface area contributed by atoms with Gasteiger partial charge >= 0.3 is 0 Å². The number of fused-ring (bicyclic) bond motifs is 1. The summed E-state index contributed by atoms with van der Waals surface area (Å²) in [6.45, 7) is 7.71. The van der Waals surface area contributed by atoms with Gasteiger partial charge in [-0.05, 0) is 24.6 Å². The number of aromatic nitrogens is 3. The molecule has 0 unspecified atom stereocenters. The largest absolute Gasteiger partial charge is 0.379 e. The molecule has 0 radical (unpaired) electrons. The first-order chi connectivity index (χ1) is 11.9. The van der Waals surface area contributed by atoms with E-state index < -0.39 is 0 Å². The van der Waals surface area contributed by atoms with E-state index in [1.54, 1.807) is 0 Å². The Hall–Kier alpha value is -1.76. The van der Waals surface area contributed by atoms with Crippen molar-refractivity contribution >= 4 is 0 Å². The van der Waals surface area contributed by atoms with Gasteiger partial charge in [0.25, 0.3) is 0 Å². The molecule has 0 bridgehead atoms. The van der Waals surface area contributed by atoms with E-state index in [4.69, 9.17) is 4.74 Å². The molecule has 1 saturated heterocycles. The van der Waals surface area contributed by atoms with E-state index in [1.165, 1.54) is 5.69 Å². The van der Waals surface area contributed by atoms with Crippen molar-refractivity contribution in [2.24, 2.45) is 0 Å². The van der Waals surface area contributed by atoms with Crippen LogP contribution in [-0.4, -0.2) is 63.5 Å². The third-order valence-electron chi connectivity index (χ3n) is 5.02. The second-order valence-electron chi connectivity index (χ2n) is 6.63. The Morgan fingerprint density at radius 3 is 2.83 bits per heavy atom. The molecule has 0 aliphatic carbocycles. The summed E-state index contributed by atoms with van der Waals surface area (Å²) in [6, 6.07) is 8.83. The fourth-order valence-corrected chi connectivity index (χ4v) is 3.66. The van der Waals surface area contributed by atoms with E-state index in [1.807, 2.05) is 18.5 Å². The summed E-state index contributed by atoms with van der Waals surface area (Å²) >= 11 is 0. The van der Waals surface area contributed by atoms with Gasteiger partial charge in [0.15, 0.2) is 0 Å². The number of aryl methyl sites for hydroxylation is 1. The molecule has 1 fully saturated rings. The normalized spacial score (nSPS) is 22.9. The Morgan fingerprint density at radius 1 is 1.08 bits per heavy atom. The predicted molar refractivity (Wildman–Crippen MR) is 91.4 cm³/mol. The molecule has 6 nitrogen and oxygen atoms in total. The number of morpholine rings is 1. The number of rotatable bonds is 4. The van der Waals surface area contributed by atoms with Crippen molar-refractivity contribution in [3.63, 3.8) is 0 Å². The van der Waals surface area contributed by atoms with Crippen molar-refractivity contribution in [2.75, 3.05) is 32.8 Å². The van der Waals surface area contributed by atoms with Gasteiger partial charge in [0.1, 0.15) is 0 Å². The first-order valence-corrected chi connectivity index (χ1v) is 8.83. The van der Waals surface area contributed by atoms with Crippen LogP contribution in [0.5, 0.6) is 0 Å². The SMILES string of the molecule is c1ccc(CN2Cc3ccnn3CC[C@H]2CN2CCOCC2)nc1. The van der Waals surface area contributed by atoms with Gasteiger partial charge < -0.3 is 4.74 Å². The predicted octanol–water partition coefficient (Wildman–Crippen LogP) is 1.38. The van der Waals surface area contributed by atoms with Crippen LogP contribution in [-0.2, 0) is 24.4 Å². The Kier molecular flexibility index (Phi) is 4.87. The molecule has 0 aromatic carbocycles. The van der Waals surface area contributed by atoms with Crippen molar-refractivity contribution in [3.8, 4) is 0 Å². The molecule has 128 valence electrons. The zero-order valence-corrected chi connectivity index (χ0v) is 14.0. The van der Waals surface area contributed by atoms with Gasteiger partial charge in [0, 0.05) is 57.7 Å². The van der Waals surface area contributed by atoms with Crippen LogP contribution >= 0.6 is 0 Å². The Labute approximate surface area is 143 Å². The average molecular weight is 327 g/mol. The smallest absolute Gasteiger partial charge is 0.0594 e. The number of ether oxygens (including phenoxy) is 1. The Morgan fingerprint density at radius 2 is 2.00 bits per heavy atom. The zero-order chi connectivity index (χ0) is 16.2. The van der Waals surface area contributed by atoms with Crippen LogP contribution in [0.25, 0.3) is 0 Å². The van der Waals surface area contributed by atoms with Crippen LogP contribution in [0.2, 0.25) is 0 Å². The first kappa shape index (κ1) is 15.7. The maximum Gasteiger partial charge on any atom is 0.0594 e. The van der Waals surface area contributed by atoms with E-state index in [9.17, 15) is 0 Å². The van der Waals surface area contributed by atoms with E-state index in [2.05, 4.69) is 42.8 Å². The first-order valence-electron chi connectivity index (χ1n) is 8.83. The summed E-state index contributed by atoms with van der Waals surface area (Å²) in [7, 11) is 0. The Bertz CT molecular complexity index is 638. The fraction of sp³-hybridized carbons (Fsp3) is 0.556. The molecule has 0 spiro atoms. The summed E-state index contributed by atoms with van der Waals surface area (Å²) in [5, 5.41) is 4.48. The quantitative estimate of drug-likeness (QED) is 0.849. The van der Waals surface area contributed by atoms with E-state index in [0.29, 0.717) is 6.04 Å². The minimum atomic E-state index is 0.520. The lowest BCUT2D eigenvalue weighted by Crippen LogP contribution is -2.46. The molecule has 2 aromatic rings. The topological polar surface area (TPSA) is 46.4 Å². The van der Waals surface area contributed by atoms with Gasteiger partial charge in [-0.3, -0.25) is 19.5 Å². The number of hydrogen-bond donors (Lipinski definition) is 0. The van der Waals surface area contributed by atoms with Crippen LogP contribution in [0.3, 0.4) is 0 Å². The lowest BCUT2D eigenvalue weighted by Gasteiger charge is -2.35. The highest BCUT2D eigenvalue weighted by Gasteiger charge is 2.27. The molecule has 2 aliphatic rings. The second-order valence-corrected chi connectivity index (χ2v) is 6.63. The van der Waals surface area contributed by atoms with E-state index >= 15 is 0 Å². The number of pyridine rings is 1. The summed E-state index contributed by atoms with van der Waals surface area (Å²) in [6.07, 6.45) is 4.92. The highest BCUT2D eigenvalue weighted by Crippen LogP contribution is 2.20. The van der Waals surface area contributed by atoms with Gasteiger partial charge in [-0.1, -0.05) is 6.07 Å². The summed E-state index contributed by atoms with van der Waals surface area (Å²) in [5.41, 5.74) is 2.44. The van der Waals surface area contributed by atoms with Crippen molar-refractivity contribution in [1.29, 1.82) is 0 Å². The molecule has 4 heterocycles. The molecule has 0 amide bonds. The molecule has 1 atom stereocenters. The second kappa shape index (κ2) is 7.42. The molecule has 6 heteroatoms.